The van der Waals surface area contributed by atoms with Crippen LogP contribution < -0.4 is 5.32 Å². The van der Waals surface area contributed by atoms with E-state index < -0.39 is 11.7 Å². The van der Waals surface area contributed by atoms with Crippen LogP contribution in [-0.2, 0) is 11.2 Å². The number of rotatable bonds is 5. The topological polar surface area (TPSA) is 58.6 Å². The van der Waals surface area contributed by atoms with Gasteiger partial charge in [0.1, 0.15) is 11.6 Å². The molecule has 0 aliphatic rings. The molecule has 0 fully saturated rings. The zero-order valence-corrected chi connectivity index (χ0v) is 11.6. The standard InChI is InChI=1S/C16H16FNO3/c1-21-9-8-11-4-2-3-5-15(11)18-16(20)13-7-6-12(19)10-14(13)17/h2-7,10,19H,8-9H2,1H3,(H,18,20). The van der Waals surface area contributed by atoms with Gasteiger partial charge in [-0.15, -0.1) is 0 Å². The van der Waals surface area contributed by atoms with Crippen molar-refractivity contribution in [1.82, 2.24) is 0 Å². The van der Waals surface area contributed by atoms with Crippen molar-refractivity contribution in [3.63, 3.8) is 0 Å². The van der Waals surface area contributed by atoms with E-state index in [2.05, 4.69) is 5.32 Å². The van der Waals surface area contributed by atoms with Crippen LogP contribution in [0.4, 0.5) is 10.1 Å². The van der Waals surface area contributed by atoms with Crippen molar-refractivity contribution in [2.75, 3.05) is 19.0 Å². The Kier molecular flexibility index (Phi) is 4.90. The molecule has 0 spiro atoms. The van der Waals surface area contributed by atoms with Gasteiger partial charge in [-0.2, -0.15) is 0 Å². The average Bonchev–Trinajstić information content (AvgIpc) is 2.46. The molecule has 0 heterocycles. The molecule has 0 aliphatic carbocycles. The van der Waals surface area contributed by atoms with Crippen molar-refractivity contribution in [3.8, 4) is 5.75 Å². The quantitative estimate of drug-likeness (QED) is 0.889. The average molecular weight is 289 g/mol. The minimum atomic E-state index is -0.762. The Hall–Kier alpha value is -2.40. The lowest BCUT2D eigenvalue weighted by Gasteiger charge is -2.11. The molecule has 21 heavy (non-hydrogen) atoms. The van der Waals surface area contributed by atoms with E-state index in [0.29, 0.717) is 18.7 Å². The summed E-state index contributed by atoms with van der Waals surface area (Å²) in [5, 5.41) is 11.8. The van der Waals surface area contributed by atoms with Gasteiger partial charge in [0, 0.05) is 18.9 Å². The number of hydrogen-bond acceptors (Lipinski definition) is 3. The van der Waals surface area contributed by atoms with E-state index in [1.807, 2.05) is 12.1 Å². The predicted octanol–water partition coefficient (Wildman–Crippen LogP) is 2.97. The summed E-state index contributed by atoms with van der Waals surface area (Å²) in [6.07, 6.45) is 0.644. The first-order valence-electron chi connectivity index (χ1n) is 6.48. The molecule has 0 aliphatic heterocycles. The number of para-hydroxylation sites is 1. The molecule has 0 atom stereocenters. The number of nitrogens with one attached hydrogen (secondary N) is 1. The highest BCUT2D eigenvalue weighted by Crippen LogP contribution is 2.19. The van der Waals surface area contributed by atoms with E-state index >= 15 is 0 Å². The maximum absolute atomic E-state index is 13.7. The molecule has 2 aromatic rings. The lowest BCUT2D eigenvalue weighted by atomic mass is 10.1. The van der Waals surface area contributed by atoms with Crippen molar-refractivity contribution in [3.05, 3.63) is 59.4 Å². The number of halogens is 1. The minimum Gasteiger partial charge on any atom is -0.508 e. The minimum absolute atomic E-state index is 0.116. The second-order valence-electron chi connectivity index (χ2n) is 4.52. The maximum Gasteiger partial charge on any atom is 0.258 e. The van der Waals surface area contributed by atoms with Gasteiger partial charge in [-0.25, -0.2) is 4.39 Å². The van der Waals surface area contributed by atoms with Crippen LogP contribution in [0.1, 0.15) is 15.9 Å². The lowest BCUT2D eigenvalue weighted by Crippen LogP contribution is -2.15. The highest BCUT2D eigenvalue weighted by atomic mass is 19.1. The van der Waals surface area contributed by atoms with Gasteiger partial charge in [0.15, 0.2) is 0 Å². The molecule has 0 saturated carbocycles. The molecular formula is C16H16FNO3. The Balaban J connectivity index is 2.19. The second-order valence-corrected chi connectivity index (χ2v) is 4.52. The second kappa shape index (κ2) is 6.85. The molecule has 110 valence electrons. The van der Waals surface area contributed by atoms with Crippen molar-refractivity contribution in [2.24, 2.45) is 0 Å². The first-order chi connectivity index (χ1) is 10.1. The number of amides is 1. The van der Waals surface area contributed by atoms with Crippen molar-refractivity contribution < 1.29 is 19.0 Å². The van der Waals surface area contributed by atoms with Crippen molar-refractivity contribution in [2.45, 2.75) is 6.42 Å². The zero-order valence-electron chi connectivity index (χ0n) is 11.6. The van der Waals surface area contributed by atoms with Crippen molar-refractivity contribution in [1.29, 1.82) is 0 Å². The summed E-state index contributed by atoms with van der Waals surface area (Å²) in [4.78, 5) is 12.1. The molecule has 4 nitrogen and oxygen atoms in total. The summed E-state index contributed by atoms with van der Waals surface area (Å²) in [5.74, 6) is -1.54. The summed E-state index contributed by atoms with van der Waals surface area (Å²) < 4.78 is 18.7. The normalized spacial score (nSPS) is 10.4. The Morgan fingerprint density at radius 1 is 1.29 bits per heavy atom. The molecule has 2 rings (SSSR count). The van der Waals surface area contributed by atoms with Gasteiger partial charge in [0.2, 0.25) is 0 Å². The van der Waals surface area contributed by atoms with Crippen molar-refractivity contribution >= 4 is 11.6 Å². The largest absolute Gasteiger partial charge is 0.508 e. The van der Waals surface area contributed by atoms with Crippen LogP contribution in [0.2, 0.25) is 0 Å². The highest BCUT2D eigenvalue weighted by molar-refractivity contribution is 6.04. The third kappa shape index (κ3) is 3.79. The number of hydrogen-bond donors (Lipinski definition) is 2. The summed E-state index contributed by atoms with van der Waals surface area (Å²) >= 11 is 0. The summed E-state index contributed by atoms with van der Waals surface area (Å²) in [7, 11) is 1.60. The van der Waals surface area contributed by atoms with Gasteiger partial charge in [-0.05, 0) is 30.2 Å². The molecule has 0 bridgehead atoms. The molecule has 5 heteroatoms. The smallest absolute Gasteiger partial charge is 0.258 e. The number of anilines is 1. The van der Waals surface area contributed by atoms with Crippen LogP contribution in [0.15, 0.2) is 42.5 Å². The Morgan fingerprint density at radius 3 is 2.76 bits per heavy atom. The summed E-state index contributed by atoms with van der Waals surface area (Å²) in [6, 6.07) is 10.7. The third-order valence-corrected chi connectivity index (χ3v) is 3.04. The van der Waals surface area contributed by atoms with E-state index in [9.17, 15) is 9.18 Å². The van der Waals surface area contributed by atoms with Gasteiger partial charge in [0.05, 0.1) is 12.2 Å². The number of carbonyl (C=O) groups is 1. The van der Waals surface area contributed by atoms with Gasteiger partial charge in [0.25, 0.3) is 5.91 Å². The molecular weight excluding hydrogens is 273 g/mol. The summed E-state index contributed by atoms with van der Waals surface area (Å²) in [6.45, 7) is 0.528. The van der Waals surface area contributed by atoms with E-state index in [1.54, 1.807) is 19.2 Å². The van der Waals surface area contributed by atoms with E-state index in [1.165, 1.54) is 12.1 Å². The van der Waals surface area contributed by atoms with Gasteiger partial charge >= 0.3 is 0 Å². The molecule has 0 radical (unpaired) electrons. The molecule has 2 N–H and O–H groups in total. The van der Waals surface area contributed by atoms with Crippen LogP contribution in [0.5, 0.6) is 5.75 Å². The van der Waals surface area contributed by atoms with Crippen LogP contribution in [0.3, 0.4) is 0 Å². The van der Waals surface area contributed by atoms with E-state index in [0.717, 1.165) is 11.6 Å². The fraction of sp³-hybridized carbons (Fsp3) is 0.188. The Morgan fingerprint density at radius 2 is 2.05 bits per heavy atom. The highest BCUT2D eigenvalue weighted by Gasteiger charge is 2.13. The molecule has 2 aromatic carbocycles. The fourth-order valence-corrected chi connectivity index (χ4v) is 1.95. The first-order valence-corrected chi connectivity index (χ1v) is 6.48. The molecule has 0 unspecified atom stereocenters. The number of aromatic hydroxyl groups is 1. The van der Waals surface area contributed by atoms with Crippen LogP contribution in [0.25, 0.3) is 0 Å². The van der Waals surface area contributed by atoms with Crippen LogP contribution in [-0.4, -0.2) is 24.7 Å². The number of carbonyl (C=O) groups excluding carboxylic acids is 1. The number of benzene rings is 2. The van der Waals surface area contributed by atoms with Gasteiger partial charge in [-0.1, -0.05) is 18.2 Å². The Bertz CT molecular complexity index is 643. The number of phenolic OH excluding ortho intramolecular Hbond substituents is 1. The SMILES string of the molecule is COCCc1ccccc1NC(=O)c1ccc(O)cc1F. The first kappa shape index (κ1) is 15.0. The molecule has 1 amide bonds. The predicted molar refractivity (Wildman–Crippen MR) is 78.0 cm³/mol. The van der Waals surface area contributed by atoms with Crippen LogP contribution in [0, 0.1) is 5.82 Å². The number of methoxy groups -OCH3 is 1. The zero-order chi connectivity index (χ0) is 15.2. The lowest BCUT2D eigenvalue weighted by molar-refractivity contribution is 0.102. The Labute approximate surface area is 122 Å². The van der Waals surface area contributed by atoms with E-state index in [-0.39, 0.29) is 11.3 Å². The summed E-state index contributed by atoms with van der Waals surface area (Å²) in [5.41, 5.74) is 1.41. The maximum atomic E-state index is 13.7. The van der Waals surface area contributed by atoms with Gasteiger partial charge in [-0.3, -0.25) is 4.79 Å². The monoisotopic (exact) mass is 289 g/mol. The molecule has 0 saturated heterocycles. The number of ether oxygens (including phenoxy) is 1. The van der Waals surface area contributed by atoms with Gasteiger partial charge < -0.3 is 15.2 Å². The molecule has 0 aromatic heterocycles. The van der Waals surface area contributed by atoms with Crippen LogP contribution >= 0.6 is 0 Å². The van der Waals surface area contributed by atoms with E-state index in [4.69, 9.17) is 9.84 Å². The number of phenols is 1. The fourth-order valence-electron chi connectivity index (χ4n) is 1.95. The third-order valence-electron chi connectivity index (χ3n) is 3.04.